The predicted molar refractivity (Wildman–Crippen MR) is 76.9 cm³/mol. The summed E-state index contributed by atoms with van der Waals surface area (Å²) in [7, 11) is 0. The van der Waals surface area contributed by atoms with E-state index in [1.807, 2.05) is 0 Å². The highest BCUT2D eigenvalue weighted by Crippen LogP contribution is 2.03. The van der Waals surface area contributed by atoms with Gasteiger partial charge in [0.25, 0.3) is 5.91 Å². The van der Waals surface area contributed by atoms with Crippen molar-refractivity contribution in [1.82, 2.24) is 16.0 Å². The fourth-order valence-electron chi connectivity index (χ4n) is 2.05. The summed E-state index contributed by atoms with van der Waals surface area (Å²) in [6, 6.07) is 2.95. The Hall–Kier alpha value is -1.53. The molecule has 0 spiro atoms. The minimum Gasteiger partial charge on any atom is -0.459 e. The van der Waals surface area contributed by atoms with E-state index in [4.69, 9.17) is 4.42 Å². The Labute approximate surface area is 124 Å². The third kappa shape index (κ3) is 4.54. The molecule has 1 aromatic rings. The maximum absolute atomic E-state index is 11.8. The number of carbonyl (C=O) groups excluding carboxylic acids is 2. The van der Waals surface area contributed by atoms with Crippen LogP contribution in [0.1, 0.15) is 30.3 Å². The van der Waals surface area contributed by atoms with Crippen LogP contribution in [0.2, 0.25) is 0 Å². The van der Waals surface area contributed by atoms with Crippen LogP contribution < -0.4 is 16.0 Å². The summed E-state index contributed by atoms with van der Waals surface area (Å²) in [5.74, 6) is -0.364. The molecule has 0 saturated carbocycles. The summed E-state index contributed by atoms with van der Waals surface area (Å²) in [5, 5.41) is 8.72. The largest absolute Gasteiger partial charge is 0.459 e. The van der Waals surface area contributed by atoms with Gasteiger partial charge in [-0.05, 0) is 38.4 Å². The topological polar surface area (TPSA) is 83.4 Å². The molecule has 0 radical (unpaired) electrons. The van der Waals surface area contributed by atoms with Crippen LogP contribution in [-0.4, -0.2) is 37.0 Å². The van der Waals surface area contributed by atoms with Crippen LogP contribution in [0.3, 0.4) is 0 Å². The lowest BCUT2D eigenvalue weighted by Gasteiger charge is -2.16. The van der Waals surface area contributed by atoms with E-state index in [1.54, 1.807) is 19.1 Å². The van der Waals surface area contributed by atoms with Gasteiger partial charge in [0.15, 0.2) is 5.76 Å². The van der Waals surface area contributed by atoms with Crippen molar-refractivity contribution >= 4 is 24.2 Å². The van der Waals surface area contributed by atoms with Gasteiger partial charge in [-0.1, -0.05) is 0 Å². The highest BCUT2D eigenvalue weighted by molar-refractivity contribution is 5.95. The van der Waals surface area contributed by atoms with Gasteiger partial charge >= 0.3 is 0 Å². The third-order valence-corrected chi connectivity index (χ3v) is 3.17. The summed E-state index contributed by atoms with van der Waals surface area (Å²) in [4.78, 5) is 23.5. The minimum atomic E-state index is -0.584. The average Bonchev–Trinajstić information content (AvgIpc) is 3.08. The molecule has 7 heteroatoms. The molecule has 112 valence electrons. The maximum atomic E-state index is 11.8. The van der Waals surface area contributed by atoms with Crippen molar-refractivity contribution in [2.75, 3.05) is 13.1 Å². The van der Waals surface area contributed by atoms with E-state index in [1.165, 1.54) is 6.26 Å². The second-order valence-electron chi connectivity index (χ2n) is 4.71. The average molecular weight is 302 g/mol. The molecule has 0 aliphatic carbocycles. The van der Waals surface area contributed by atoms with Gasteiger partial charge in [-0.15, -0.1) is 12.4 Å². The zero-order chi connectivity index (χ0) is 13.7. The van der Waals surface area contributed by atoms with Gasteiger partial charge in [-0.2, -0.15) is 0 Å². The zero-order valence-corrected chi connectivity index (χ0v) is 12.2. The van der Waals surface area contributed by atoms with Gasteiger partial charge in [-0.3, -0.25) is 9.59 Å². The van der Waals surface area contributed by atoms with Crippen molar-refractivity contribution in [3.8, 4) is 0 Å². The number of hydrogen-bond donors (Lipinski definition) is 3. The van der Waals surface area contributed by atoms with Crippen molar-refractivity contribution < 1.29 is 14.0 Å². The standard InChI is InChI=1S/C13H19N3O3.ClH/c1-9(16-13(18)11-5-3-7-19-11)12(17)15-8-10-4-2-6-14-10;/h3,5,7,9-10,14H,2,4,6,8H2,1H3,(H,15,17)(H,16,18);1H. The Morgan fingerprint density at radius 2 is 2.35 bits per heavy atom. The lowest BCUT2D eigenvalue weighted by atomic mass is 10.2. The Balaban J connectivity index is 0.00000200. The molecule has 20 heavy (non-hydrogen) atoms. The molecule has 0 bridgehead atoms. The fourth-order valence-corrected chi connectivity index (χ4v) is 2.05. The quantitative estimate of drug-likeness (QED) is 0.747. The first-order valence-electron chi connectivity index (χ1n) is 6.52. The van der Waals surface area contributed by atoms with Gasteiger partial charge in [0.05, 0.1) is 6.26 Å². The molecule has 2 amide bonds. The molecule has 1 aromatic heterocycles. The van der Waals surface area contributed by atoms with Crippen molar-refractivity contribution in [2.45, 2.75) is 31.8 Å². The molecule has 6 nitrogen and oxygen atoms in total. The molecular weight excluding hydrogens is 282 g/mol. The van der Waals surface area contributed by atoms with Gasteiger partial charge in [0, 0.05) is 12.6 Å². The Kier molecular flexibility index (Phi) is 6.54. The van der Waals surface area contributed by atoms with Crippen LogP contribution in [0.4, 0.5) is 0 Å². The molecule has 1 fully saturated rings. The number of carbonyl (C=O) groups is 2. The van der Waals surface area contributed by atoms with Crippen molar-refractivity contribution in [3.63, 3.8) is 0 Å². The number of amides is 2. The summed E-state index contributed by atoms with van der Waals surface area (Å²) in [6.07, 6.45) is 3.64. The number of nitrogens with one attached hydrogen (secondary N) is 3. The van der Waals surface area contributed by atoms with Crippen LogP contribution in [0, 0.1) is 0 Å². The Morgan fingerprint density at radius 1 is 1.55 bits per heavy atom. The van der Waals surface area contributed by atoms with Crippen LogP contribution >= 0.6 is 12.4 Å². The van der Waals surface area contributed by atoms with Gasteiger partial charge in [-0.25, -0.2) is 0 Å². The first-order valence-corrected chi connectivity index (χ1v) is 6.52. The van der Waals surface area contributed by atoms with Gasteiger partial charge < -0.3 is 20.4 Å². The van der Waals surface area contributed by atoms with Crippen LogP contribution in [0.15, 0.2) is 22.8 Å². The second kappa shape index (κ2) is 7.91. The summed E-state index contributed by atoms with van der Waals surface area (Å²) in [6.45, 7) is 3.25. The molecular formula is C13H20ClN3O3. The highest BCUT2D eigenvalue weighted by atomic mass is 35.5. The normalized spacial score (nSPS) is 18.9. The SMILES string of the molecule is CC(NC(=O)c1ccco1)C(=O)NCC1CCCN1.Cl. The van der Waals surface area contributed by atoms with Crippen molar-refractivity contribution in [2.24, 2.45) is 0 Å². The van der Waals surface area contributed by atoms with Gasteiger partial charge in [0.2, 0.25) is 5.91 Å². The van der Waals surface area contributed by atoms with E-state index < -0.39 is 6.04 Å². The minimum absolute atomic E-state index is 0. The lowest BCUT2D eigenvalue weighted by Crippen LogP contribution is -2.47. The molecule has 2 atom stereocenters. The Bertz CT molecular complexity index is 430. The molecule has 2 heterocycles. The van der Waals surface area contributed by atoms with E-state index in [-0.39, 0.29) is 30.0 Å². The van der Waals surface area contributed by atoms with Crippen molar-refractivity contribution in [1.29, 1.82) is 0 Å². The van der Waals surface area contributed by atoms with Crippen molar-refractivity contribution in [3.05, 3.63) is 24.2 Å². The summed E-state index contributed by atoms with van der Waals surface area (Å²) < 4.78 is 4.96. The smallest absolute Gasteiger partial charge is 0.287 e. The molecule has 1 aliphatic heterocycles. The van der Waals surface area contributed by atoms with Crippen LogP contribution in [0.5, 0.6) is 0 Å². The van der Waals surface area contributed by atoms with E-state index in [2.05, 4.69) is 16.0 Å². The number of furan rings is 1. The molecule has 2 rings (SSSR count). The monoisotopic (exact) mass is 301 g/mol. The summed E-state index contributed by atoms with van der Waals surface area (Å²) in [5.41, 5.74) is 0. The fraction of sp³-hybridized carbons (Fsp3) is 0.538. The van der Waals surface area contributed by atoms with Crippen LogP contribution in [-0.2, 0) is 4.79 Å². The van der Waals surface area contributed by atoms with E-state index in [0.717, 1.165) is 19.4 Å². The lowest BCUT2D eigenvalue weighted by molar-refractivity contribution is -0.122. The maximum Gasteiger partial charge on any atom is 0.287 e. The molecule has 0 aromatic carbocycles. The number of rotatable bonds is 5. The third-order valence-electron chi connectivity index (χ3n) is 3.17. The number of halogens is 1. The van der Waals surface area contributed by atoms with E-state index >= 15 is 0 Å². The van der Waals surface area contributed by atoms with E-state index in [9.17, 15) is 9.59 Å². The molecule has 1 aliphatic rings. The predicted octanol–water partition coefficient (Wildman–Crippen LogP) is 0.688. The molecule has 2 unspecified atom stereocenters. The Morgan fingerprint density at radius 3 is 2.95 bits per heavy atom. The van der Waals surface area contributed by atoms with Crippen LogP contribution in [0.25, 0.3) is 0 Å². The summed E-state index contributed by atoms with van der Waals surface area (Å²) >= 11 is 0. The first kappa shape index (κ1) is 16.5. The molecule has 3 N–H and O–H groups in total. The number of hydrogen-bond acceptors (Lipinski definition) is 4. The highest BCUT2D eigenvalue weighted by Gasteiger charge is 2.20. The first-order chi connectivity index (χ1) is 9.16. The van der Waals surface area contributed by atoms with E-state index in [0.29, 0.717) is 12.6 Å². The van der Waals surface area contributed by atoms with Gasteiger partial charge in [0.1, 0.15) is 6.04 Å². The molecule has 1 saturated heterocycles. The second-order valence-corrected chi connectivity index (χ2v) is 4.71. The zero-order valence-electron chi connectivity index (χ0n) is 11.3.